The van der Waals surface area contributed by atoms with Crippen LogP contribution in [-0.4, -0.2) is 10.1 Å². The minimum absolute atomic E-state index is 0.418. The smallest absolute Gasteiger partial charge is 0.259 e. The van der Waals surface area contributed by atoms with Crippen LogP contribution in [0.5, 0.6) is 0 Å². The number of rotatable bonds is 2. The van der Waals surface area contributed by atoms with Gasteiger partial charge < -0.3 is 10.3 Å². The van der Waals surface area contributed by atoms with Gasteiger partial charge in [0, 0.05) is 3.57 Å². The molecule has 0 amide bonds. The largest absolute Gasteiger partial charge is 0.334 e. The molecule has 1 saturated carbocycles. The molecule has 0 aliphatic heterocycles. The van der Waals surface area contributed by atoms with E-state index in [1.165, 1.54) is 12.8 Å². The highest BCUT2D eigenvalue weighted by Gasteiger charge is 2.33. The highest BCUT2D eigenvalue weighted by Crippen LogP contribution is 2.33. The molecular formula is C15H18IN3O. The van der Waals surface area contributed by atoms with E-state index in [4.69, 9.17) is 10.3 Å². The molecule has 4 nitrogen and oxygen atoms in total. The van der Waals surface area contributed by atoms with Gasteiger partial charge in [-0.2, -0.15) is 4.98 Å². The van der Waals surface area contributed by atoms with Gasteiger partial charge in [-0.15, -0.1) is 0 Å². The molecule has 0 spiro atoms. The Kier molecular flexibility index (Phi) is 4.07. The molecule has 20 heavy (non-hydrogen) atoms. The van der Waals surface area contributed by atoms with Crippen molar-refractivity contribution in [1.29, 1.82) is 0 Å². The molecule has 1 fully saturated rings. The van der Waals surface area contributed by atoms with Gasteiger partial charge in [0.2, 0.25) is 0 Å². The molecule has 1 aliphatic carbocycles. The highest BCUT2D eigenvalue weighted by molar-refractivity contribution is 14.1. The average molecular weight is 383 g/mol. The van der Waals surface area contributed by atoms with Gasteiger partial charge in [-0.1, -0.05) is 43.0 Å². The zero-order chi connectivity index (χ0) is 14.0. The van der Waals surface area contributed by atoms with Crippen molar-refractivity contribution < 1.29 is 4.52 Å². The molecule has 0 bridgehead atoms. The third-order valence-electron chi connectivity index (χ3n) is 3.97. The van der Waals surface area contributed by atoms with Gasteiger partial charge in [0.15, 0.2) is 5.82 Å². The van der Waals surface area contributed by atoms with Crippen LogP contribution in [0, 0.1) is 3.57 Å². The molecule has 106 valence electrons. The third kappa shape index (κ3) is 2.74. The predicted molar refractivity (Wildman–Crippen MR) is 86.0 cm³/mol. The van der Waals surface area contributed by atoms with Crippen molar-refractivity contribution in [2.45, 2.75) is 44.1 Å². The standard InChI is InChI=1S/C15H18IN3O/c16-12-8-4-3-7-11(12)13-18-14(19-20-13)15(17)9-5-1-2-6-10-15/h3-4,7-8H,1-2,5-6,9-10,17H2. The number of hydrogen-bond acceptors (Lipinski definition) is 4. The first-order valence-corrected chi connectivity index (χ1v) is 8.15. The van der Waals surface area contributed by atoms with Gasteiger partial charge in [-0.25, -0.2) is 0 Å². The number of hydrogen-bond donors (Lipinski definition) is 1. The van der Waals surface area contributed by atoms with E-state index in [1.807, 2.05) is 24.3 Å². The summed E-state index contributed by atoms with van der Waals surface area (Å²) in [6.07, 6.45) is 6.67. The molecule has 3 rings (SSSR count). The van der Waals surface area contributed by atoms with Crippen LogP contribution in [0.3, 0.4) is 0 Å². The molecule has 1 heterocycles. The van der Waals surface area contributed by atoms with Gasteiger partial charge in [0.25, 0.3) is 5.89 Å². The Balaban J connectivity index is 1.92. The van der Waals surface area contributed by atoms with E-state index in [-0.39, 0.29) is 0 Å². The minimum Gasteiger partial charge on any atom is -0.334 e. The minimum atomic E-state index is -0.418. The maximum atomic E-state index is 6.52. The van der Waals surface area contributed by atoms with Crippen LogP contribution in [0.4, 0.5) is 0 Å². The number of nitrogens with two attached hydrogens (primary N) is 1. The predicted octanol–water partition coefficient (Wildman–Crippen LogP) is 3.85. The number of nitrogens with zero attached hydrogens (tertiary/aromatic N) is 2. The molecule has 1 aliphatic rings. The number of aromatic nitrogens is 2. The summed E-state index contributed by atoms with van der Waals surface area (Å²) in [5.41, 5.74) is 7.08. The summed E-state index contributed by atoms with van der Waals surface area (Å²) >= 11 is 2.28. The van der Waals surface area contributed by atoms with E-state index < -0.39 is 5.54 Å². The first kappa shape index (κ1) is 14.0. The first-order chi connectivity index (χ1) is 9.69. The first-order valence-electron chi connectivity index (χ1n) is 7.07. The van der Waals surface area contributed by atoms with Gasteiger partial charge in [-0.3, -0.25) is 0 Å². The number of halogens is 1. The van der Waals surface area contributed by atoms with E-state index >= 15 is 0 Å². The van der Waals surface area contributed by atoms with E-state index in [0.29, 0.717) is 11.7 Å². The van der Waals surface area contributed by atoms with Gasteiger partial charge in [0.05, 0.1) is 11.1 Å². The summed E-state index contributed by atoms with van der Waals surface area (Å²) in [6, 6.07) is 8.00. The Morgan fingerprint density at radius 2 is 1.80 bits per heavy atom. The van der Waals surface area contributed by atoms with Crippen molar-refractivity contribution in [3.05, 3.63) is 33.7 Å². The van der Waals surface area contributed by atoms with Crippen molar-refractivity contribution in [1.82, 2.24) is 10.1 Å². The van der Waals surface area contributed by atoms with Crippen LogP contribution in [0.1, 0.15) is 44.3 Å². The second kappa shape index (κ2) is 5.81. The quantitative estimate of drug-likeness (QED) is 0.632. The van der Waals surface area contributed by atoms with Gasteiger partial charge in [0.1, 0.15) is 0 Å². The lowest BCUT2D eigenvalue weighted by Gasteiger charge is -2.23. The highest BCUT2D eigenvalue weighted by atomic mass is 127. The van der Waals surface area contributed by atoms with Crippen LogP contribution < -0.4 is 5.73 Å². The van der Waals surface area contributed by atoms with Crippen molar-refractivity contribution in [3.63, 3.8) is 0 Å². The van der Waals surface area contributed by atoms with E-state index in [1.54, 1.807) is 0 Å². The molecule has 0 unspecified atom stereocenters. The summed E-state index contributed by atoms with van der Waals surface area (Å²) in [6.45, 7) is 0. The topological polar surface area (TPSA) is 64.9 Å². The molecule has 0 saturated heterocycles. The average Bonchev–Trinajstić information content (AvgIpc) is 2.84. The Morgan fingerprint density at radius 3 is 2.50 bits per heavy atom. The maximum Gasteiger partial charge on any atom is 0.259 e. The molecular weight excluding hydrogens is 365 g/mol. The van der Waals surface area contributed by atoms with E-state index in [0.717, 1.165) is 34.8 Å². The van der Waals surface area contributed by atoms with Crippen molar-refractivity contribution >= 4 is 22.6 Å². The second-order valence-corrected chi connectivity index (χ2v) is 6.64. The Labute approximate surface area is 132 Å². The molecule has 2 aromatic rings. The molecule has 5 heteroatoms. The van der Waals surface area contributed by atoms with E-state index in [9.17, 15) is 0 Å². The van der Waals surface area contributed by atoms with Crippen LogP contribution in [-0.2, 0) is 5.54 Å². The van der Waals surface area contributed by atoms with Gasteiger partial charge in [-0.05, 0) is 47.6 Å². The summed E-state index contributed by atoms with van der Waals surface area (Å²) in [5, 5.41) is 4.16. The fourth-order valence-electron chi connectivity index (χ4n) is 2.75. The summed E-state index contributed by atoms with van der Waals surface area (Å²) in [7, 11) is 0. The Hall–Kier alpha value is -0.950. The monoisotopic (exact) mass is 383 g/mol. The lowest BCUT2D eigenvalue weighted by molar-refractivity contribution is 0.334. The molecule has 0 atom stereocenters. The zero-order valence-corrected chi connectivity index (χ0v) is 13.5. The Morgan fingerprint density at radius 1 is 1.10 bits per heavy atom. The molecule has 0 radical (unpaired) electrons. The van der Waals surface area contributed by atoms with Crippen molar-refractivity contribution in [3.8, 4) is 11.5 Å². The van der Waals surface area contributed by atoms with Crippen LogP contribution in [0.25, 0.3) is 11.5 Å². The summed E-state index contributed by atoms with van der Waals surface area (Å²) in [5.74, 6) is 1.23. The lowest BCUT2D eigenvalue weighted by Crippen LogP contribution is -2.37. The SMILES string of the molecule is NC1(c2noc(-c3ccccc3I)n2)CCCCCC1. The number of benzene rings is 1. The third-order valence-corrected chi connectivity index (χ3v) is 4.91. The van der Waals surface area contributed by atoms with Crippen LogP contribution >= 0.6 is 22.6 Å². The normalized spacial score (nSPS) is 18.7. The maximum absolute atomic E-state index is 6.52. The molecule has 2 N–H and O–H groups in total. The van der Waals surface area contributed by atoms with Crippen LogP contribution in [0.2, 0.25) is 0 Å². The fourth-order valence-corrected chi connectivity index (χ4v) is 3.37. The summed E-state index contributed by atoms with van der Waals surface area (Å²) in [4.78, 5) is 4.57. The molecule has 1 aromatic heterocycles. The van der Waals surface area contributed by atoms with Gasteiger partial charge >= 0.3 is 0 Å². The zero-order valence-electron chi connectivity index (χ0n) is 11.3. The Bertz CT molecular complexity index is 588. The van der Waals surface area contributed by atoms with E-state index in [2.05, 4.69) is 32.7 Å². The van der Waals surface area contributed by atoms with Crippen molar-refractivity contribution in [2.75, 3.05) is 0 Å². The lowest BCUT2D eigenvalue weighted by atomic mass is 9.91. The summed E-state index contributed by atoms with van der Waals surface area (Å²) < 4.78 is 6.55. The molecule has 1 aromatic carbocycles. The fraction of sp³-hybridized carbons (Fsp3) is 0.467. The second-order valence-electron chi connectivity index (χ2n) is 5.47. The van der Waals surface area contributed by atoms with Crippen LogP contribution in [0.15, 0.2) is 28.8 Å². The van der Waals surface area contributed by atoms with Crippen molar-refractivity contribution in [2.24, 2.45) is 5.73 Å².